The summed E-state index contributed by atoms with van der Waals surface area (Å²) < 4.78 is 11.7. The number of hydrogen-bond acceptors (Lipinski definition) is 2. The quantitative estimate of drug-likeness (QED) is 0.839. The number of nitrogens with two attached hydrogens (primary N) is 1. The van der Waals surface area contributed by atoms with Crippen LogP contribution in [0.5, 0.6) is 11.5 Å². The highest BCUT2D eigenvalue weighted by molar-refractivity contribution is 9.10. The van der Waals surface area contributed by atoms with Gasteiger partial charge in [0.2, 0.25) is 0 Å². The van der Waals surface area contributed by atoms with Gasteiger partial charge in [-0.2, -0.15) is 0 Å². The predicted octanol–water partition coefficient (Wildman–Crippen LogP) is 2.72. The van der Waals surface area contributed by atoms with E-state index in [1.807, 2.05) is 12.1 Å². The Balaban J connectivity index is 2.82. The molecule has 4 heteroatoms. The van der Waals surface area contributed by atoms with Crippen LogP contribution in [-0.2, 0) is 6.54 Å². The Bertz CT molecular complexity index is 378. The Morgan fingerprint density at radius 1 is 1.11 bits per heavy atom. The minimum atomic E-state index is 0.685. The number of halogens is 1. The zero-order valence-electron chi connectivity index (χ0n) is 11.6. The lowest BCUT2D eigenvalue weighted by Crippen LogP contribution is -2.88. The van der Waals surface area contributed by atoms with E-state index in [0.717, 1.165) is 22.5 Å². The molecule has 2 N–H and O–H groups in total. The molecular formula is C14H23BrNO2+. The summed E-state index contributed by atoms with van der Waals surface area (Å²) >= 11 is 3.59. The molecule has 0 heterocycles. The van der Waals surface area contributed by atoms with Crippen LogP contribution < -0.4 is 14.8 Å². The summed E-state index contributed by atoms with van der Waals surface area (Å²) in [5.74, 6) is 1.55. The van der Waals surface area contributed by atoms with Crippen LogP contribution in [-0.4, -0.2) is 20.3 Å². The molecule has 0 atom stereocenters. The molecule has 0 aliphatic rings. The summed E-state index contributed by atoms with van der Waals surface area (Å²) in [5.41, 5.74) is 1.24. The van der Waals surface area contributed by atoms with Crippen LogP contribution in [0, 0.1) is 0 Å². The number of benzene rings is 1. The van der Waals surface area contributed by atoms with Gasteiger partial charge in [0.05, 0.1) is 20.3 Å². The first-order valence-corrected chi connectivity index (χ1v) is 7.19. The van der Waals surface area contributed by atoms with Crippen molar-refractivity contribution in [3.8, 4) is 11.5 Å². The van der Waals surface area contributed by atoms with Gasteiger partial charge in [0.1, 0.15) is 6.54 Å². The first-order chi connectivity index (χ1) is 8.65. The molecule has 0 fully saturated rings. The van der Waals surface area contributed by atoms with Gasteiger partial charge < -0.3 is 14.8 Å². The van der Waals surface area contributed by atoms with Gasteiger partial charge in [-0.3, -0.25) is 0 Å². The van der Waals surface area contributed by atoms with E-state index < -0.39 is 0 Å². The van der Waals surface area contributed by atoms with E-state index in [0.29, 0.717) is 6.04 Å². The van der Waals surface area contributed by atoms with E-state index in [1.165, 1.54) is 18.4 Å². The average molecular weight is 317 g/mol. The fourth-order valence-electron chi connectivity index (χ4n) is 1.97. The van der Waals surface area contributed by atoms with Crippen molar-refractivity contribution in [2.24, 2.45) is 0 Å². The minimum absolute atomic E-state index is 0.685. The fraction of sp³-hybridized carbons (Fsp3) is 0.571. The van der Waals surface area contributed by atoms with Gasteiger partial charge in [0.25, 0.3) is 0 Å². The van der Waals surface area contributed by atoms with Crippen molar-refractivity contribution in [3.63, 3.8) is 0 Å². The Hall–Kier alpha value is -0.740. The third kappa shape index (κ3) is 3.89. The van der Waals surface area contributed by atoms with Gasteiger partial charge in [0, 0.05) is 10.0 Å². The van der Waals surface area contributed by atoms with E-state index >= 15 is 0 Å². The normalized spacial score (nSPS) is 10.8. The first-order valence-electron chi connectivity index (χ1n) is 6.39. The van der Waals surface area contributed by atoms with Crippen molar-refractivity contribution in [2.45, 2.75) is 39.3 Å². The first kappa shape index (κ1) is 15.3. The lowest BCUT2D eigenvalue weighted by Gasteiger charge is -2.14. The fourth-order valence-corrected chi connectivity index (χ4v) is 2.45. The molecule has 0 aromatic heterocycles. The average Bonchev–Trinajstić information content (AvgIpc) is 2.40. The van der Waals surface area contributed by atoms with Crippen molar-refractivity contribution in [3.05, 3.63) is 22.2 Å². The molecular weight excluding hydrogens is 294 g/mol. The van der Waals surface area contributed by atoms with Crippen LogP contribution >= 0.6 is 15.9 Å². The maximum absolute atomic E-state index is 5.33. The second kappa shape index (κ2) is 7.64. The predicted molar refractivity (Wildman–Crippen MR) is 77.2 cm³/mol. The standard InChI is InChI=1S/C14H22BrNO2/c1-5-11(6-2)16-9-10-7-13(17-3)14(18-4)8-12(10)15/h7-8,11,16H,5-6,9H2,1-4H3/p+1. The highest BCUT2D eigenvalue weighted by Gasteiger charge is 2.12. The van der Waals surface area contributed by atoms with Crippen molar-refractivity contribution < 1.29 is 14.8 Å². The van der Waals surface area contributed by atoms with Crippen LogP contribution in [0.15, 0.2) is 16.6 Å². The smallest absolute Gasteiger partial charge is 0.161 e. The second-order valence-corrected chi connectivity index (χ2v) is 5.17. The molecule has 1 aromatic carbocycles. The lowest BCUT2D eigenvalue weighted by molar-refractivity contribution is -0.705. The molecule has 1 aromatic rings. The van der Waals surface area contributed by atoms with Gasteiger partial charge in [-0.1, -0.05) is 29.8 Å². The van der Waals surface area contributed by atoms with E-state index in [9.17, 15) is 0 Å². The monoisotopic (exact) mass is 316 g/mol. The lowest BCUT2D eigenvalue weighted by atomic mass is 10.1. The molecule has 0 saturated carbocycles. The summed E-state index contributed by atoms with van der Waals surface area (Å²) in [4.78, 5) is 0. The maximum atomic E-state index is 5.33. The Morgan fingerprint density at radius 2 is 1.67 bits per heavy atom. The SMILES string of the molecule is CCC(CC)[NH2+]Cc1cc(OC)c(OC)cc1Br. The van der Waals surface area contributed by atoms with Crippen molar-refractivity contribution >= 4 is 15.9 Å². The van der Waals surface area contributed by atoms with Crippen molar-refractivity contribution in [2.75, 3.05) is 14.2 Å². The van der Waals surface area contributed by atoms with Gasteiger partial charge in [-0.25, -0.2) is 0 Å². The maximum Gasteiger partial charge on any atom is 0.161 e. The number of quaternary nitrogens is 1. The Labute approximate surface area is 118 Å². The van der Waals surface area contributed by atoms with E-state index in [2.05, 4.69) is 35.1 Å². The molecule has 0 bridgehead atoms. The van der Waals surface area contributed by atoms with Crippen molar-refractivity contribution in [1.82, 2.24) is 0 Å². The molecule has 0 aliphatic heterocycles. The molecule has 0 unspecified atom stereocenters. The molecule has 18 heavy (non-hydrogen) atoms. The van der Waals surface area contributed by atoms with Gasteiger partial charge >= 0.3 is 0 Å². The zero-order valence-corrected chi connectivity index (χ0v) is 13.2. The molecule has 0 aliphatic carbocycles. The van der Waals surface area contributed by atoms with E-state index in [-0.39, 0.29) is 0 Å². The van der Waals surface area contributed by atoms with Crippen LogP contribution in [0.2, 0.25) is 0 Å². The summed E-state index contributed by atoms with van der Waals surface area (Å²) in [6.45, 7) is 5.41. The van der Waals surface area contributed by atoms with Crippen LogP contribution in [0.1, 0.15) is 32.3 Å². The summed E-state index contributed by atoms with van der Waals surface area (Å²) in [6, 6.07) is 4.70. The van der Waals surface area contributed by atoms with E-state index in [4.69, 9.17) is 9.47 Å². The molecule has 0 spiro atoms. The third-order valence-electron chi connectivity index (χ3n) is 3.27. The molecule has 1 rings (SSSR count). The summed E-state index contributed by atoms with van der Waals surface area (Å²) in [7, 11) is 3.32. The molecule has 0 saturated heterocycles. The van der Waals surface area contributed by atoms with E-state index in [1.54, 1.807) is 14.2 Å². The molecule has 0 radical (unpaired) electrons. The van der Waals surface area contributed by atoms with Gasteiger partial charge in [-0.15, -0.1) is 0 Å². The minimum Gasteiger partial charge on any atom is -0.493 e. The highest BCUT2D eigenvalue weighted by atomic mass is 79.9. The number of rotatable bonds is 7. The highest BCUT2D eigenvalue weighted by Crippen LogP contribution is 2.32. The Morgan fingerprint density at radius 3 is 2.17 bits per heavy atom. The van der Waals surface area contributed by atoms with Crippen molar-refractivity contribution in [1.29, 1.82) is 0 Å². The largest absolute Gasteiger partial charge is 0.493 e. The number of hydrogen-bond donors (Lipinski definition) is 1. The zero-order chi connectivity index (χ0) is 13.5. The number of ether oxygens (including phenoxy) is 2. The Kier molecular flexibility index (Phi) is 6.50. The van der Waals surface area contributed by atoms with Crippen LogP contribution in [0.25, 0.3) is 0 Å². The molecule has 0 amide bonds. The van der Waals surface area contributed by atoms with Crippen LogP contribution in [0.4, 0.5) is 0 Å². The summed E-state index contributed by atoms with van der Waals surface area (Å²) in [6.07, 6.45) is 2.39. The third-order valence-corrected chi connectivity index (χ3v) is 4.01. The topological polar surface area (TPSA) is 35.1 Å². The van der Waals surface area contributed by atoms with Crippen LogP contribution in [0.3, 0.4) is 0 Å². The molecule has 3 nitrogen and oxygen atoms in total. The summed E-state index contributed by atoms with van der Waals surface area (Å²) in [5, 5.41) is 2.38. The van der Waals surface area contributed by atoms with Gasteiger partial charge in [-0.05, 0) is 25.0 Å². The molecule has 102 valence electrons. The number of methoxy groups -OCH3 is 2. The second-order valence-electron chi connectivity index (χ2n) is 4.32. The van der Waals surface area contributed by atoms with Gasteiger partial charge in [0.15, 0.2) is 11.5 Å².